The van der Waals surface area contributed by atoms with Crippen LogP contribution in [-0.4, -0.2) is 37.7 Å². The van der Waals surface area contributed by atoms with Gasteiger partial charge in [0.2, 0.25) is 9.47 Å². The second-order valence-electron chi connectivity index (χ2n) is 6.72. The molecule has 0 fully saturated rings. The van der Waals surface area contributed by atoms with Crippen LogP contribution in [0, 0.1) is 6.92 Å². The first kappa shape index (κ1) is 22.9. The van der Waals surface area contributed by atoms with Crippen molar-refractivity contribution in [1.29, 1.82) is 0 Å². The van der Waals surface area contributed by atoms with E-state index in [1.54, 1.807) is 12.1 Å². The monoisotopic (exact) mass is 460 g/mol. The summed E-state index contributed by atoms with van der Waals surface area (Å²) in [5.41, 5.74) is 2.40. The Morgan fingerprint density at radius 2 is 1.84 bits per heavy atom. The number of anilines is 1. The van der Waals surface area contributed by atoms with Crippen molar-refractivity contribution in [1.82, 2.24) is 14.9 Å². The van der Waals surface area contributed by atoms with Gasteiger partial charge in [-0.3, -0.25) is 10.1 Å². The van der Waals surface area contributed by atoms with Crippen molar-refractivity contribution in [3.8, 4) is 5.75 Å². The Balaban J connectivity index is 1.51. The summed E-state index contributed by atoms with van der Waals surface area (Å²) in [7, 11) is -3.79. The van der Waals surface area contributed by atoms with E-state index in [2.05, 4.69) is 20.2 Å². The van der Waals surface area contributed by atoms with Crippen molar-refractivity contribution >= 4 is 32.4 Å². The molecule has 0 saturated carbocycles. The molecule has 3 rings (SSSR count). The highest BCUT2D eigenvalue weighted by molar-refractivity contribution is 7.91. The molecule has 0 aliphatic rings. The van der Waals surface area contributed by atoms with Crippen LogP contribution in [-0.2, 0) is 16.4 Å². The maximum absolute atomic E-state index is 12.5. The highest BCUT2D eigenvalue weighted by Crippen LogP contribution is 2.21. The number of nitrogens with one attached hydrogen (secondary N) is 2. The van der Waals surface area contributed by atoms with Crippen LogP contribution in [0.25, 0.3) is 0 Å². The van der Waals surface area contributed by atoms with Crippen LogP contribution in [0.15, 0.2) is 52.9 Å². The minimum absolute atomic E-state index is 0.128. The molecular weight excluding hydrogens is 436 g/mol. The van der Waals surface area contributed by atoms with Gasteiger partial charge in [-0.1, -0.05) is 41.7 Å². The SMILES string of the molecule is CCOc1ccc(CCCNS(=O)(=O)c2nnc(NC(=O)c3ccccc3C)s2)cc1. The molecule has 8 nitrogen and oxygen atoms in total. The van der Waals surface area contributed by atoms with Crippen molar-refractivity contribution in [2.75, 3.05) is 18.5 Å². The van der Waals surface area contributed by atoms with Crippen molar-refractivity contribution < 1.29 is 17.9 Å². The second-order valence-corrected chi connectivity index (χ2v) is 9.64. The number of sulfonamides is 1. The van der Waals surface area contributed by atoms with Gasteiger partial charge in [0.05, 0.1) is 6.61 Å². The largest absolute Gasteiger partial charge is 0.494 e. The molecule has 1 amide bonds. The summed E-state index contributed by atoms with van der Waals surface area (Å²) in [4.78, 5) is 12.4. The van der Waals surface area contributed by atoms with E-state index in [1.807, 2.05) is 50.2 Å². The van der Waals surface area contributed by atoms with E-state index in [0.717, 1.165) is 34.6 Å². The molecule has 10 heteroatoms. The molecule has 0 radical (unpaired) electrons. The number of carbonyl (C=O) groups excluding carboxylic acids is 1. The third-order valence-corrected chi connectivity index (χ3v) is 7.08. The summed E-state index contributed by atoms with van der Waals surface area (Å²) in [5, 5.41) is 10.2. The number of aromatic nitrogens is 2. The van der Waals surface area contributed by atoms with Gasteiger partial charge in [-0.2, -0.15) is 0 Å². The average molecular weight is 461 g/mol. The van der Waals surface area contributed by atoms with Crippen LogP contribution in [0.3, 0.4) is 0 Å². The zero-order valence-corrected chi connectivity index (χ0v) is 18.9. The van der Waals surface area contributed by atoms with E-state index in [0.29, 0.717) is 18.6 Å². The van der Waals surface area contributed by atoms with Crippen LogP contribution in [0.1, 0.15) is 34.8 Å². The third-order valence-electron chi connectivity index (χ3n) is 4.42. The molecule has 0 aliphatic heterocycles. The predicted molar refractivity (Wildman–Crippen MR) is 120 cm³/mol. The Bertz CT molecular complexity index is 1130. The number of aryl methyl sites for hydroxylation is 2. The van der Waals surface area contributed by atoms with Crippen LogP contribution in [0.4, 0.5) is 5.13 Å². The van der Waals surface area contributed by atoms with Gasteiger partial charge in [-0.25, -0.2) is 13.1 Å². The summed E-state index contributed by atoms with van der Waals surface area (Å²) in [6.07, 6.45) is 1.35. The van der Waals surface area contributed by atoms with Gasteiger partial charge in [0.15, 0.2) is 0 Å². The molecule has 0 aliphatic carbocycles. The Kier molecular flexibility index (Phi) is 7.72. The molecule has 164 valence electrons. The Morgan fingerprint density at radius 3 is 2.55 bits per heavy atom. The number of ether oxygens (including phenoxy) is 1. The fourth-order valence-corrected chi connectivity index (χ4v) is 4.85. The standard InChI is InChI=1S/C21H24N4O4S2/c1-3-29-17-12-10-16(11-13-17)8-6-14-22-31(27,28)21-25-24-20(30-21)23-19(26)18-9-5-4-7-15(18)2/h4-5,7,9-13,22H,3,6,8,14H2,1-2H3,(H,23,24,26). The van der Waals surface area contributed by atoms with Gasteiger partial charge < -0.3 is 4.74 Å². The van der Waals surface area contributed by atoms with Crippen LogP contribution in [0.5, 0.6) is 5.75 Å². The molecule has 0 saturated heterocycles. The number of benzene rings is 2. The predicted octanol–water partition coefficient (Wildman–Crippen LogP) is 3.41. The topological polar surface area (TPSA) is 110 Å². The minimum atomic E-state index is -3.79. The van der Waals surface area contributed by atoms with E-state index in [1.165, 1.54) is 0 Å². The van der Waals surface area contributed by atoms with Crippen LogP contribution in [0.2, 0.25) is 0 Å². The molecule has 3 aromatic rings. The minimum Gasteiger partial charge on any atom is -0.494 e. The van der Waals surface area contributed by atoms with Gasteiger partial charge in [0.25, 0.3) is 15.9 Å². The fraction of sp³-hybridized carbons (Fsp3) is 0.286. The van der Waals surface area contributed by atoms with Crippen molar-refractivity contribution in [2.24, 2.45) is 0 Å². The van der Waals surface area contributed by atoms with E-state index < -0.39 is 10.0 Å². The van der Waals surface area contributed by atoms with Crippen LogP contribution < -0.4 is 14.8 Å². The normalized spacial score (nSPS) is 11.3. The summed E-state index contributed by atoms with van der Waals surface area (Å²) in [6, 6.07) is 14.8. The molecule has 0 unspecified atom stereocenters. The average Bonchev–Trinajstić information content (AvgIpc) is 3.22. The van der Waals surface area contributed by atoms with E-state index in [9.17, 15) is 13.2 Å². The van der Waals surface area contributed by atoms with Crippen molar-refractivity contribution in [3.05, 3.63) is 65.2 Å². The van der Waals surface area contributed by atoms with E-state index in [-0.39, 0.29) is 21.9 Å². The van der Waals surface area contributed by atoms with Gasteiger partial charge >= 0.3 is 0 Å². The maximum atomic E-state index is 12.5. The number of hydrogen-bond donors (Lipinski definition) is 2. The summed E-state index contributed by atoms with van der Waals surface area (Å²) < 4.78 is 32.7. The molecule has 0 atom stereocenters. The zero-order valence-electron chi connectivity index (χ0n) is 17.3. The summed E-state index contributed by atoms with van der Waals surface area (Å²) in [5.74, 6) is 0.454. The molecule has 0 spiro atoms. The van der Waals surface area contributed by atoms with Gasteiger partial charge in [0, 0.05) is 12.1 Å². The summed E-state index contributed by atoms with van der Waals surface area (Å²) in [6.45, 7) is 4.63. The Hall–Kier alpha value is -2.82. The van der Waals surface area contributed by atoms with Crippen LogP contribution >= 0.6 is 11.3 Å². The lowest BCUT2D eigenvalue weighted by atomic mass is 10.1. The smallest absolute Gasteiger partial charge is 0.269 e. The summed E-state index contributed by atoms with van der Waals surface area (Å²) >= 11 is 0.811. The highest BCUT2D eigenvalue weighted by atomic mass is 32.2. The third kappa shape index (κ3) is 6.33. The molecule has 1 aromatic heterocycles. The molecule has 0 bridgehead atoms. The number of rotatable bonds is 10. The first-order valence-electron chi connectivity index (χ1n) is 9.81. The molecular formula is C21H24N4O4S2. The molecule has 2 aromatic carbocycles. The fourth-order valence-electron chi connectivity index (χ4n) is 2.84. The van der Waals surface area contributed by atoms with Crippen molar-refractivity contribution in [2.45, 2.75) is 31.0 Å². The maximum Gasteiger partial charge on any atom is 0.269 e. The number of amides is 1. The lowest BCUT2D eigenvalue weighted by Gasteiger charge is -2.06. The number of carbonyl (C=O) groups is 1. The number of nitrogens with zero attached hydrogens (tertiary/aromatic N) is 2. The van der Waals surface area contributed by atoms with Gasteiger partial charge in [-0.15, -0.1) is 10.2 Å². The molecule has 31 heavy (non-hydrogen) atoms. The first-order valence-corrected chi connectivity index (χ1v) is 12.1. The highest BCUT2D eigenvalue weighted by Gasteiger charge is 2.21. The van der Waals surface area contributed by atoms with E-state index in [4.69, 9.17) is 4.74 Å². The van der Waals surface area contributed by atoms with Crippen molar-refractivity contribution in [3.63, 3.8) is 0 Å². The van der Waals surface area contributed by atoms with Gasteiger partial charge in [0.1, 0.15) is 5.75 Å². The quantitative estimate of drug-likeness (QED) is 0.354. The van der Waals surface area contributed by atoms with Gasteiger partial charge in [-0.05, 0) is 56.0 Å². The second kappa shape index (κ2) is 10.5. The molecule has 1 heterocycles. The zero-order chi connectivity index (χ0) is 22.3. The first-order chi connectivity index (χ1) is 14.9. The molecule has 2 N–H and O–H groups in total. The van der Waals surface area contributed by atoms with E-state index >= 15 is 0 Å². The Morgan fingerprint density at radius 1 is 1.10 bits per heavy atom. The lowest BCUT2D eigenvalue weighted by molar-refractivity contribution is 0.102. The lowest BCUT2D eigenvalue weighted by Crippen LogP contribution is -2.25. The Labute approximate surface area is 185 Å². The number of hydrogen-bond acceptors (Lipinski definition) is 7.